The van der Waals surface area contributed by atoms with E-state index in [9.17, 15) is 9.50 Å². The summed E-state index contributed by atoms with van der Waals surface area (Å²) in [5, 5.41) is 10.5. The average Bonchev–Trinajstić information content (AvgIpc) is 2.83. The SMILES string of the molecule is Cc1ncc(CO)c2c1Oc1nc(-c3ccccc3F)nc(SCc3ccc(Br)cc3)c1C2. The summed E-state index contributed by atoms with van der Waals surface area (Å²) in [7, 11) is 0. The van der Waals surface area contributed by atoms with E-state index in [4.69, 9.17) is 9.72 Å². The second-order valence-electron chi connectivity index (χ2n) is 7.64. The van der Waals surface area contributed by atoms with Crippen molar-refractivity contribution in [2.24, 2.45) is 0 Å². The van der Waals surface area contributed by atoms with Gasteiger partial charge in [-0.25, -0.2) is 9.37 Å². The van der Waals surface area contributed by atoms with Crippen LogP contribution in [-0.4, -0.2) is 20.1 Å². The molecule has 0 bridgehead atoms. The van der Waals surface area contributed by atoms with E-state index < -0.39 is 5.82 Å². The third kappa shape index (κ3) is 4.38. The van der Waals surface area contributed by atoms with Crippen molar-refractivity contribution in [3.63, 3.8) is 0 Å². The summed E-state index contributed by atoms with van der Waals surface area (Å²) in [5.41, 5.74) is 4.58. The molecule has 4 aromatic rings. The van der Waals surface area contributed by atoms with Gasteiger partial charge in [0.15, 0.2) is 11.6 Å². The monoisotopic (exact) mass is 523 g/mol. The molecule has 1 aliphatic heterocycles. The Labute approximate surface area is 203 Å². The van der Waals surface area contributed by atoms with Gasteiger partial charge in [0.2, 0.25) is 5.88 Å². The first-order chi connectivity index (χ1) is 16.0. The summed E-state index contributed by atoms with van der Waals surface area (Å²) in [6.07, 6.45) is 2.18. The molecule has 0 aliphatic carbocycles. The van der Waals surface area contributed by atoms with E-state index in [1.165, 1.54) is 6.07 Å². The summed E-state index contributed by atoms with van der Waals surface area (Å²) in [4.78, 5) is 13.7. The zero-order chi connectivity index (χ0) is 22.9. The maximum absolute atomic E-state index is 14.6. The number of aliphatic hydroxyl groups is 1. The first kappa shape index (κ1) is 22.0. The van der Waals surface area contributed by atoms with Crippen LogP contribution in [0.5, 0.6) is 11.6 Å². The molecule has 33 heavy (non-hydrogen) atoms. The molecule has 1 aliphatic rings. The number of hydrogen-bond acceptors (Lipinski definition) is 6. The highest BCUT2D eigenvalue weighted by atomic mass is 79.9. The van der Waals surface area contributed by atoms with Crippen molar-refractivity contribution in [1.82, 2.24) is 15.0 Å². The molecule has 0 unspecified atom stereocenters. The number of fused-ring (bicyclic) bond motifs is 2. The third-order valence-corrected chi connectivity index (χ3v) is 7.08. The standard InChI is InChI=1S/C25H19BrFN3O2S/c1-14-22-19(16(12-31)11-28-14)10-20-24(32-22)29-23(18-4-2-3-5-21(18)27)30-25(20)33-13-15-6-8-17(26)9-7-15/h2-9,11,31H,10,12-13H2,1H3. The Morgan fingerprint density at radius 3 is 2.64 bits per heavy atom. The van der Waals surface area contributed by atoms with Crippen LogP contribution in [0.2, 0.25) is 0 Å². The summed E-state index contributed by atoms with van der Waals surface area (Å²) in [5.74, 6) is 1.56. The Morgan fingerprint density at radius 2 is 1.88 bits per heavy atom. The highest BCUT2D eigenvalue weighted by molar-refractivity contribution is 9.10. The predicted octanol–water partition coefficient (Wildman–Crippen LogP) is 6.23. The van der Waals surface area contributed by atoms with Crippen molar-refractivity contribution in [3.05, 3.63) is 93.0 Å². The van der Waals surface area contributed by atoms with E-state index in [-0.39, 0.29) is 12.4 Å². The van der Waals surface area contributed by atoms with Crippen LogP contribution in [0, 0.1) is 12.7 Å². The Hall–Kier alpha value is -2.81. The van der Waals surface area contributed by atoms with E-state index >= 15 is 0 Å². The number of aromatic nitrogens is 3. The summed E-state index contributed by atoms with van der Waals surface area (Å²) in [6.45, 7) is 1.72. The Bertz CT molecular complexity index is 1350. The molecule has 0 radical (unpaired) electrons. The van der Waals surface area contributed by atoms with Crippen LogP contribution in [0.15, 0.2) is 64.2 Å². The topological polar surface area (TPSA) is 68.1 Å². The summed E-state index contributed by atoms with van der Waals surface area (Å²) < 4.78 is 21.8. The van der Waals surface area contributed by atoms with Gasteiger partial charge in [-0.15, -0.1) is 11.8 Å². The van der Waals surface area contributed by atoms with Crippen LogP contribution in [0.1, 0.15) is 27.9 Å². The number of aliphatic hydroxyl groups excluding tert-OH is 1. The van der Waals surface area contributed by atoms with E-state index in [0.717, 1.165) is 26.2 Å². The molecule has 0 amide bonds. The second-order valence-corrected chi connectivity index (χ2v) is 9.52. The molecule has 8 heteroatoms. The molecule has 1 N–H and O–H groups in total. The molecule has 2 aromatic carbocycles. The van der Waals surface area contributed by atoms with E-state index in [1.54, 1.807) is 36.2 Å². The van der Waals surface area contributed by atoms with Gasteiger partial charge < -0.3 is 9.84 Å². The van der Waals surface area contributed by atoms with Gasteiger partial charge in [0.05, 0.1) is 23.4 Å². The molecule has 5 nitrogen and oxygen atoms in total. The molecule has 5 rings (SSSR count). The zero-order valence-electron chi connectivity index (χ0n) is 17.7. The molecule has 166 valence electrons. The van der Waals surface area contributed by atoms with Gasteiger partial charge in [-0.1, -0.05) is 40.2 Å². The van der Waals surface area contributed by atoms with Gasteiger partial charge in [-0.2, -0.15) is 4.98 Å². The predicted molar refractivity (Wildman–Crippen MR) is 129 cm³/mol. The zero-order valence-corrected chi connectivity index (χ0v) is 20.1. The smallest absolute Gasteiger partial charge is 0.227 e. The highest BCUT2D eigenvalue weighted by Crippen LogP contribution is 2.43. The number of hydrogen-bond donors (Lipinski definition) is 1. The number of rotatable bonds is 5. The van der Waals surface area contributed by atoms with Gasteiger partial charge >= 0.3 is 0 Å². The van der Waals surface area contributed by atoms with Gasteiger partial charge in [-0.3, -0.25) is 4.98 Å². The van der Waals surface area contributed by atoms with E-state index in [2.05, 4.69) is 25.9 Å². The number of thioether (sulfide) groups is 1. The maximum atomic E-state index is 14.6. The number of aryl methyl sites for hydroxylation is 1. The molecular weight excluding hydrogens is 505 g/mol. The van der Waals surface area contributed by atoms with Gasteiger partial charge in [-0.05, 0) is 36.8 Å². The normalized spacial score (nSPS) is 12.1. The minimum Gasteiger partial charge on any atom is -0.436 e. The van der Waals surface area contributed by atoms with Crippen LogP contribution >= 0.6 is 27.7 Å². The number of halogens is 2. The highest BCUT2D eigenvalue weighted by Gasteiger charge is 2.28. The first-order valence-electron chi connectivity index (χ1n) is 10.3. The number of benzene rings is 2. The lowest BCUT2D eigenvalue weighted by Crippen LogP contribution is -2.13. The molecule has 3 heterocycles. The second kappa shape index (κ2) is 9.21. The van der Waals surface area contributed by atoms with Crippen molar-refractivity contribution < 1.29 is 14.2 Å². The van der Waals surface area contributed by atoms with Gasteiger partial charge in [0, 0.05) is 34.0 Å². The molecule has 0 fully saturated rings. The first-order valence-corrected chi connectivity index (χ1v) is 12.1. The lowest BCUT2D eigenvalue weighted by molar-refractivity contribution is 0.278. The van der Waals surface area contributed by atoms with E-state index in [1.807, 2.05) is 31.2 Å². The van der Waals surface area contributed by atoms with Crippen LogP contribution in [0.25, 0.3) is 11.4 Å². The van der Waals surface area contributed by atoms with Crippen LogP contribution in [0.3, 0.4) is 0 Å². The van der Waals surface area contributed by atoms with Crippen molar-refractivity contribution in [3.8, 4) is 23.0 Å². The molecule has 2 aromatic heterocycles. The largest absolute Gasteiger partial charge is 0.436 e. The number of nitrogens with zero attached hydrogens (tertiary/aromatic N) is 3. The molecule has 0 saturated heterocycles. The fourth-order valence-electron chi connectivity index (χ4n) is 3.71. The van der Waals surface area contributed by atoms with Crippen molar-refractivity contribution in [2.45, 2.75) is 30.7 Å². The average molecular weight is 524 g/mol. The maximum Gasteiger partial charge on any atom is 0.227 e. The number of ether oxygens (including phenoxy) is 1. The van der Waals surface area contributed by atoms with Crippen molar-refractivity contribution in [2.75, 3.05) is 0 Å². The molecular formula is C25H19BrFN3O2S. The lowest BCUT2D eigenvalue weighted by Gasteiger charge is -2.24. The Balaban J connectivity index is 1.60. The lowest BCUT2D eigenvalue weighted by atomic mass is 9.99. The van der Waals surface area contributed by atoms with Crippen LogP contribution in [-0.2, 0) is 18.8 Å². The fraction of sp³-hybridized carbons (Fsp3) is 0.160. The fourth-order valence-corrected chi connectivity index (χ4v) is 4.95. The van der Waals surface area contributed by atoms with E-state index in [0.29, 0.717) is 40.6 Å². The van der Waals surface area contributed by atoms with Crippen molar-refractivity contribution in [1.29, 1.82) is 0 Å². The molecule has 0 atom stereocenters. The Morgan fingerprint density at radius 1 is 1.09 bits per heavy atom. The minimum atomic E-state index is -0.391. The molecule has 0 saturated carbocycles. The number of pyridine rings is 1. The van der Waals surface area contributed by atoms with Crippen LogP contribution in [0.4, 0.5) is 4.39 Å². The van der Waals surface area contributed by atoms with Crippen molar-refractivity contribution >= 4 is 27.7 Å². The summed E-state index contributed by atoms with van der Waals surface area (Å²) >= 11 is 5.02. The third-order valence-electron chi connectivity index (χ3n) is 5.46. The summed E-state index contributed by atoms with van der Waals surface area (Å²) in [6, 6.07) is 14.5. The van der Waals surface area contributed by atoms with Gasteiger partial charge in [0.1, 0.15) is 10.8 Å². The Kier molecular flexibility index (Phi) is 6.14. The molecule has 0 spiro atoms. The minimum absolute atomic E-state index is 0.135. The quantitative estimate of drug-likeness (QED) is 0.217. The van der Waals surface area contributed by atoms with Gasteiger partial charge in [0.25, 0.3) is 0 Å². The van der Waals surface area contributed by atoms with Crippen LogP contribution < -0.4 is 4.74 Å².